The van der Waals surface area contributed by atoms with Gasteiger partial charge in [0.25, 0.3) is 0 Å². The highest BCUT2D eigenvalue weighted by atomic mass is 32.2. The van der Waals surface area contributed by atoms with Crippen molar-refractivity contribution in [2.75, 3.05) is 19.8 Å². The number of halogens is 3. The number of ether oxygens (including phenoxy) is 1. The first-order chi connectivity index (χ1) is 9.80. The summed E-state index contributed by atoms with van der Waals surface area (Å²) in [6.45, 7) is -0.130. The number of hydrogen-bond acceptors (Lipinski definition) is 4. The first-order valence-corrected chi connectivity index (χ1v) is 7.65. The standard InChI is InChI=1S/C12H14F3NO4S/c13-8-5-9(14)11(10(15)6-8)21(18,19)16-12(7-17)1-3-20-4-2-12/h5-6,16-17H,1-4,7H2. The molecule has 2 N–H and O–H groups in total. The van der Waals surface area contributed by atoms with Gasteiger partial charge in [0.05, 0.1) is 12.1 Å². The highest BCUT2D eigenvalue weighted by Crippen LogP contribution is 2.26. The van der Waals surface area contributed by atoms with Gasteiger partial charge in [0.15, 0.2) is 4.90 Å². The van der Waals surface area contributed by atoms with Crippen LogP contribution in [0.1, 0.15) is 12.8 Å². The average molecular weight is 325 g/mol. The summed E-state index contributed by atoms with van der Waals surface area (Å²) < 4.78 is 71.5. The quantitative estimate of drug-likeness (QED) is 0.863. The van der Waals surface area contributed by atoms with Crippen LogP contribution in [0.5, 0.6) is 0 Å². The SMILES string of the molecule is O=S(=O)(NC1(CO)CCOCC1)c1c(F)cc(F)cc1F. The van der Waals surface area contributed by atoms with E-state index in [1.165, 1.54) is 0 Å². The number of hydrogen-bond donors (Lipinski definition) is 2. The number of nitrogens with one attached hydrogen (secondary N) is 1. The minimum absolute atomic E-state index is 0.160. The molecule has 0 bridgehead atoms. The molecule has 21 heavy (non-hydrogen) atoms. The van der Waals surface area contributed by atoms with E-state index in [1.54, 1.807) is 0 Å². The molecule has 118 valence electrons. The minimum atomic E-state index is -4.59. The summed E-state index contributed by atoms with van der Waals surface area (Å²) in [6, 6.07) is 0.570. The van der Waals surface area contributed by atoms with Crippen molar-refractivity contribution in [2.24, 2.45) is 0 Å². The molecule has 1 saturated heterocycles. The molecule has 0 radical (unpaired) electrons. The maximum atomic E-state index is 13.6. The molecule has 0 aromatic heterocycles. The lowest BCUT2D eigenvalue weighted by molar-refractivity contribution is 0.0222. The topological polar surface area (TPSA) is 75.6 Å². The second-order valence-electron chi connectivity index (χ2n) is 4.85. The largest absolute Gasteiger partial charge is 0.394 e. The van der Waals surface area contributed by atoms with Crippen LogP contribution in [0.3, 0.4) is 0 Å². The Morgan fingerprint density at radius 1 is 1.19 bits per heavy atom. The van der Waals surface area contributed by atoms with E-state index < -0.39 is 44.5 Å². The predicted molar refractivity (Wildman–Crippen MR) is 66.5 cm³/mol. The third-order valence-electron chi connectivity index (χ3n) is 3.34. The zero-order valence-electron chi connectivity index (χ0n) is 10.9. The molecule has 5 nitrogen and oxygen atoms in total. The second-order valence-corrected chi connectivity index (χ2v) is 6.47. The molecular formula is C12H14F3NO4S. The highest BCUT2D eigenvalue weighted by Gasteiger charge is 2.38. The fraction of sp³-hybridized carbons (Fsp3) is 0.500. The normalized spacial score (nSPS) is 18.7. The van der Waals surface area contributed by atoms with Crippen LogP contribution >= 0.6 is 0 Å². The Kier molecular flexibility index (Phi) is 4.57. The van der Waals surface area contributed by atoms with Crippen LogP contribution in [-0.2, 0) is 14.8 Å². The summed E-state index contributed by atoms with van der Waals surface area (Å²) in [6.07, 6.45) is 0.320. The first kappa shape index (κ1) is 16.2. The van der Waals surface area contributed by atoms with Crippen molar-refractivity contribution in [1.29, 1.82) is 0 Å². The Hall–Kier alpha value is -1.16. The van der Waals surface area contributed by atoms with Gasteiger partial charge in [-0.2, -0.15) is 0 Å². The number of aliphatic hydroxyl groups excluding tert-OH is 1. The molecule has 0 saturated carbocycles. The van der Waals surface area contributed by atoms with Gasteiger partial charge < -0.3 is 9.84 Å². The van der Waals surface area contributed by atoms with E-state index in [9.17, 15) is 26.7 Å². The van der Waals surface area contributed by atoms with Crippen LogP contribution in [0.25, 0.3) is 0 Å². The molecule has 9 heteroatoms. The number of benzene rings is 1. The fourth-order valence-corrected chi connectivity index (χ4v) is 3.75. The summed E-state index contributed by atoms with van der Waals surface area (Å²) in [5.41, 5.74) is -1.25. The lowest BCUT2D eigenvalue weighted by Crippen LogP contribution is -2.54. The van der Waals surface area contributed by atoms with Gasteiger partial charge in [-0.1, -0.05) is 0 Å². The summed E-state index contributed by atoms with van der Waals surface area (Å²) >= 11 is 0. The molecule has 1 aliphatic rings. The molecule has 0 spiro atoms. The highest BCUT2D eigenvalue weighted by molar-refractivity contribution is 7.89. The first-order valence-electron chi connectivity index (χ1n) is 6.17. The molecule has 0 unspecified atom stereocenters. The van der Waals surface area contributed by atoms with E-state index in [1.807, 2.05) is 0 Å². The zero-order valence-corrected chi connectivity index (χ0v) is 11.7. The summed E-state index contributed by atoms with van der Waals surface area (Å²) in [7, 11) is -4.59. The van der Waals surface area contributed by atoms with Crippen molar-refractivity contribution in [3.05, 3.63) is 29.6 Å². The molecular weight excluding hydrogens is 311 g/mol. The number of aliphatic hydroxyl groups is 1. The molecule has 1 aromatic rings. The molecule has 0 aliphatic carbocycles. The van der Waals surface area contributed by atoms with Crippen molar-refractivity contribution >= 4 is 10.0 Å². The Morgan fingerprint density at radius 3 is 2.19 bits per heavy atom. The molecule has 1 fully saturated rings. The number of rotatable bonds is 4. The van der Waals surface area contributed by atoms with Crippen molar-refractivity contribution in [3.63, 3.8) is 0 Å². The molecule has 1 aromatic carbocycles. The van der Waals surface area contributed by atoms with Crippen molar-refractivity contribution < 1.29 is 31.4 Å². The van der Waals surface area contributed by atoms with Crippen molar-refractivity contribution in [1.82, 2.24) is 4.72 Å². The van der Waals surface area contributed by atoms with Gasteiger partial charge in [0.1, 0.15) is 17.5 Å². The Morgan fingerprint density at radius 2 is 1.71 bits per heavy atom. The molecule has 0 atom stereocenters. The molecule has 0 amide bonds. The van der Waals surface area contributed by atoms with Gasteiger partial charge in [-0.15, -0.1) is 0 Å². The molecule has 2 rings (SSSR count). The van der Waals surface area contributed by atoms with E-state index in [2.05, 4.69) is 4.72 Å². The van der Waals surface area contributed by atoms with E-state index in [4.69, 9.17) is 4.74 Å². The van der Waals surface area contributed by atoms with E-state index in [-0.39, 0.29) is 38.2 Å². The van der Waals surface area contributed by atoms with Gasteiger partial charge in [-0.3, -0.25) is 0 Å². The van der Waals surface area contributed by atoms with Gasteiger partial charge in [0, 0.05) is 25.3 Å². The Balaban J connectivity index is 2.38. The maximum absolute atomic E-state index is 13.6. The van der Waals surface area contributed by atoms with Gasteiger partial charge in [-0.25, -0.2) is 26.3 Å². The maximum Gasteiger partial charge on any atom is 0.247 e. The van der Waals surface area contributed by atoms with Crippen LogP contribution in [0.2, 0.25) is 0 Å². The van der Waals surface area contributed by atoms with Crippen molar-refractivity contribution in [2.45, 2.75) is 23.3 Å². The second kappa shape index (κ2) is 5.91. The lowest BCUT2D eigenvalue weighted by atomic mass is 9.93. The average Bonchev–Trinajstić information content (AvgIpc) is 2.37. The Bertz CT molecular complexity index is 606. The fourth-order valence-electron chi connectivity index (χ4n) is 2.18. The van der Waals surface area contributed by atoms with E-state index >= 15 is 0 Å². The van der Waals surface area contributed by atoms with Gasteiger partial charge >= 0.3 is 0 Å². The minimum Gasteiger partial charge on any atom is -0.394 e. The number of sulfonamides is 1. The monoisotopic (exact) mass is 325 g/mol. The van der Waals surface area contributed by atoms with Crippen LogP contribution in [0, 0.1) is 17.5 Å². The predicted octanol–water partition coefficient (Wildman–Crippen LogP) is 0.924. The smallest absolute Gasteiger partial charge is 0.247 e. The summed E-state index contributed by atoms with van der Waals surface area (Å²) in [4.78, 5) is -1.26. The third kappa shape index (κ3) is 3.37. The summed E-state index contributed by atoms with van der Waals surface area (Å²) in [5, 5.41) is 9.40. The molecule has 1 aliphatic heterocycles. The molecule has 1 heterocycles. The van der Waals surface area contributed by atoms with Gasteiger partial charge in [0.2, 0.25) is 10.0 Å². The van der Waals surface area contributed by atoms with Crippen LogP contribution in [0.15, 0.2) is 17.0 Å². The summed E-state index contributed by atoms with van der Waals surface area (Å²) in [5.74, 6) is -4.27. The van der Waals surface area contributed by atoms with Crippen LogP contribution < -0.4 is 4.72 Å². The van der Waals surface area contributed by atoms with E-state index in [0.29, 0.717) is 0 Å². The lowest BCUT2D eigenvalue weighted by Gasteiger charge is -2.35. The zero-order chi connectivity index (χ0) is 15.7. The van der Waals surface area contributed by atoms with Crippen molar-refractivity contribution in [3.8, 4) is 0 Å². The van der Waals surface area contributed by atoms with Crippen LogP contribution in [0.4, 0.5) is 13.2 Å². The Labute approximate surface area is 119 Å². The van der Waals surface area contributed by atoms with Gasteiger partial charge in [-0.05, 0) is 12.8 Å². The third-order valence-corrected chi connectivity index (χ3v) is 4.96. The van der Waals surface area contributed by atoms with E-state index in [0.717, 1.165) is 0 Å². The van der Waals surface area contributed by atoms with Crippen LogP contribution in [-0.4, -0.2) is 38.9 Å².